The average Bonchev–Trinajstić information content (AvgIpc) is 3.20. The molecule has 0 spiro atoms. The van der Waals surface area contributed by atoms with Crippen LogP contribution in [0.15, 0.2) is 22.8 Å². The number of ether oxygens (including phenoxy) is 2. The second-order valence-electron chi connectivity index (χ2n) is 6.69. The molecule has 2 aliphatic rings. The lowest BCUT2D eigenvalue weighted by Crippen LogP contribution is -2.51. The van der Waals surface area contributed by atoms with E-state index in [4.69, 9.17) is 14.1 Å². The Hall–Kier alpha value is -1.50. The fraction of sp³-hybridized carbons (Fsp3) is 0.647. The summed E-state index contributed by atoms with van der Waals surface area (Å²) in [5, 5.41) is 8.01. The van der Waals surface area contributed by atoms with Gasteiger partial charge < -0.3 is 9.47 Å². The number of aromatic nitrogens is 2. The van der Waals surface area contributed by atoms with Crippen LogP contribution < -0.4 is 0 Å². The van der Waals surface area contributed by atoms with Gasteiger partial charge in [-0.15, -0.1) is 0 Å². The number of benzene rings is 1. The Morgan fingerprint density at radius 1 is 1.30 bits per heavy atom. The van der Waals surface area contributed by atoms with Gasteiger partial charge in [0.2, 0.25) is 0 Å². The fourth-order valence-electron chi connectivity index (χ4n) is 4.37. The maximum Gasteiger partial charge on any atom is 0.139 e. The zero-order valence-corrected chi connectivity index (χ0v) is 13.7. The predicted molar refractivity (Wildman–Crippen MR) is 85.0 cm³/mol. The minimum absolute atomic E-state index is 0.0228. The van der Waals surface area contributed by atoms with Gasteiger partial charge in [0.1, 0.15) is 11.0 Å². The van der Waals surface area contributed by atoms with Crippen LogP contribution in [0.5, 0.6) is 0 Å². The Balaban J connectivity index is 1.60. The highest BCUT2D eigenvalue weighted by Crippen LogP contribution is 2.43. The van der Waals surface area contributed by atoms with E-state index in [-0.39, 0.29) is 5.60 Å². The van der Waals surface area contributed by atoms with E-state index in [1.165, 1.54) is 0 Å². The molecule has 6 heteroatoms. The van der Waals surface area contributed by atoms with Crippen LogP contribution >= 0.6 is 0 Å². The van der Waals surface area contributed by atoms with E-state index in [0.29, 0.717) is 12.1 Å². The van der Waals surface area contributed by atoms with E-state index in [1.807, 2.05) is 26.4 Å². The summed E-state index contributed by atoms with van der Waals surface area (Å²) >= 11 is 0. The quantitative estimate of drug-likeness (QED) is 0.863. The molecule has 23 heavy (non-hydrogen) atoms. The molecule has 0 radical (unpaired) electrons. The van der Waals surface area contributed by atoms with Gasteiger partial charge in [-0.2, -0.15) is 0 Å². The van der Waals surface area contributed by atoms with Gasteiger partial charge in [-0.3, -0.25) is 4.90 Å². The van der Waals surface area contributed by atoms with Gasteiger partial charge in [0.05, 0.1) is 11.7 Å². The molecule has 6 nitrogen and oxygen atoms in total. The fourth-order valence-corrected chi connectivity index (χ4v) is 4.37. The summed E-state index contributed by atoms with van der Waals surface area (Å²) in [5.41, 5.74) is 2.82. The Kier molecular flexibility index (Phi) is 3.83. The average molecular weight is 317 g/mol. The molecule has 2 aromatic rings. The van der Waals surface area contributed by atoms with E-state index in [0.717, 1.165) is 55.4 Å². The second kappa shape index (κ2) is 5.85. The van der Waals surface area contributed by atoms with E-state index >= 15 is 0 Å². The van der Waals surface area contributed by atoms with Gasteiger partial charge in [-0.1, -0.05) is 12.1 Å². The van der Waals surface area contributed by atoms with Crippen LogP contribution in [-0.4, -0.2) is 53.7 Å². The molecule has 1 aliphatic heterocycles. The van der Waals surface area contributed by atoms with Gasteiger partial charge >= 0.3 is 0 Å². The lowest BCUT2D eigenvalue weighted by atomic mass is 9.79. The molecular weight excluding hydrogens is 294 g/mol. The van der Waals surface area contributed by atoms with Crippen LogP contribution in [0.3, 0.4) is 0 Å². The van der Waals surface area contributed by atoms with E-state index in [1.54, 1.807) is 0 Å². The molecule has 1 aromatic heterocycles. The smallest absolute Gasteiger partial charge is 0.139 e. The molecule has 1 saturated heterocycles. The zero-order chi connectivity index (χ0) is 15.9. The monoisotopic (exact) mass is 317 g/mol. The van der Waals surface area contributed by atoms with Crippen molar-refractivity contribution >= 4 is 11.0 Å². The van der Waals surface area contributed by atoms with Crippen molar-refractivity contribution in [1.29, 1.82) is 0 Å². The standard InChI is InChI=1S/C17H23N3O3/c1-21-13-6-7-17(22-2)8-9-20(15(17)10-13)11-12-4-3-5-14-16(12)19-23-18-14/h3-5,13,15H,6-11H2,1-2H3/t13-,15+,17-/m1/s1. The van der Waals surface area contributed by atoms with Crippen LogP contribution in [-0.2, 0) is 16.0 Å². The molecule has 0 amide bonds. The first kappa shape index (κ1) is 15.1. The second-order valence-corrected chi connectivity index (χ2v) is 6.69. The molecule has 4 rings (SSSR count). The summed E-state index contributed by atoms with van der Waals surface area (Å²) in [6, 6.07) is 6.44. The molecule has 0 bridgehead atoms. The number of rotatable bonds is 4. The molecule has 0 unspecified atom stereocenters. The molecule has 1 saturated carbocycles. The Bertz CT molecular complexity index is 689. The van der Waals surface area contributed by atoms with Crippen molar-refractivity contribution in [2.45, 2.75) is 50.0 Å². The summed E-state index contributed by atoms with van der Waals surface area (Å²) < 4.78 is 16.5. The molecule has 2 heterocycles. The molecule has 124 valence electrons. The van der Waals surface area contributed by atoms with Crippen LogP contribution in [0.2, 0.25) is 0 Å². The molecule has 0 N–H and O–H groups in total. The lowest BCUT2D eigenvalue weighted by Gasteiger charge is -2.43. The molecule has 1 aliphatic carbocycles. The lowest BCUT2D eigenvalue weighted by molar-refractivity contribution is -0.0947. The Morgan fingerprint density at radius 3 is 3.04 bits per heavy atom. The SMILES string of the molecule is CO[C@@H]1CC[C@@]2(OC)CCN(Cc3cccc4nonc34)[C@H]2C1. The first-order chi connectivity index (χ1) is 11.3. The molecular formula is C17H23N3O3. The molecule has 2 fully saturated rings. The maximum atomic E-state index is 5.99. The van der Waals surface area contributed by atoms with Crippen LogP contribution in [0.25, 0.3) is 11.0 Å². The number of nitrogens with zero attached hydrogens (tertiary/aromatic N) is 3. The van der Waals surface area contributed by atoms with E-state index in [9.17, 15) is 0 Å². The number of hydrogen-bond donors (Lipinski definition) is 0. The van der Waals surface area contributed by atoms with E-state index < -0.39 is 0 Å². The Morgan fingerprint density at radius 2 is 2.22 bits per heavy atom. The van der Waals surface area contributed by atoms with Crippen LogP contribution in [0, 0.1) is 0 Å². The van der Waals surface area contributed by atoms with Gasteiger partial charge in [0.15, 0.2) is 0 Å². The van der Waals surface area contributed by atoms with Crippen molar-refractivity contribution in [2.24, 2.45) is 0 Å². The number of fused-ring (bicyclic) bond motifs is 2. The number of likely N-dealkylation sites (tertiary alicyclic amines) is 1. The third-order valence-corrected chi connectivity index (χ3v) is 5.73. The van der Waals surface area contributed by atoms with Gasteiger partial charge in [-0.25, -0.2) is 4.63 Å². The number of methoxy groups -OCH3 is 2. The predicted octanol–water partition coefficient (Wildman–Crippen LogP) is 2.38. The van der Waals surface area contributed by atoms with Crippen LogP contribution in [0.1, 0.15) is 31.2 Å². The van der Waals surface area contributed by atoms with Gasteiger partial charge in [0.25, 0.3) is 0 Å². The van der Waals surface area contributed by atoms with E-state index in [2.05, 4.69) is 21.3 Å². The summed E-state index contributed by atoms with van der Waals surface area (Å²) in [4.78, 5) is 2.51. The highest BCUT2D eigenvalue weighted by molar-refractivity contribution is 5.76. The van der Waals surface area contributed by atoms with Crippen LogP contribution in [0.4, 0.5) is 0 Å². The largest absolute Gasteiger partial charge is 0.381 e. The summed E-state index contributed by atoms with van der Waals surface area (Å²) in [6.45, 7) is 1.88. The minimum Gasteiger partial charge on any atom is -0.381 e. The summed E-state index contributed by atoms with van der Waals surface area (Å²) in [7, 11) is 3.66. The van der Waals surface area contributed by atoms with Gasteiger partial charge in [-0.05, 0) is 47.6 Å². The van der Waals surface area contributed by atoms with Crippen molar-refractivity contribution in [3.05, 3.63) is 23.8 Å². The molecule has 1 aromatic carbocycles. The molecule has 3 atom stereocenters. The normalized spacial score (nSPS) is 31.6. The number of hydrogen-bond acceptors (Lipinski definition) is 6. The van der Waals surface area contributed by atoms with Crippen molar-refractivity contribution < 1.29 is 14.1 Å². The van der Waals surface area contributed by atoms with Gasteiger partial charge in [0, 0.05) is 33.4 Å². The van der Waals surface area contributed by atoms with Crippen molar-refractivity contribution in [1.82, 2.24) is 15.2 Å². The summed E-state index contributed by atoms with van der Waals surface area (Å²) in [6.07, 6.45) is 4.58. The zero-order valence-electron chi connectivity index (χ0n) is 13.7. The third kappa shape index (κ3) is 2.45. The third-order valence-electron chi connectivity index (χ3n) is 5.73. The van der Waals surface area contributed by atoms with Crippen molar-refractivity contribution in [3.8, 4) is 0 Å². The highest BCUT2D eigenvalue weighted by atomic mass is 16.6. The highest BCUT2D eigenvalue weighted by Gasteiger charge is 2.51. The van der Waals surface area contributed by atoms with Crippen molar-refractivity contribution in [2.75, 3.05) is 20.8 Å². The maximum absolute atomic E-state index is 5.99. The first-order valence-corrected chi connectivity index (χ1v) is 8.28. The topological polar surface area (TPSA) is 60.6 Å². The van der Waals surface area contributed by atoms with Crippen molar-refractivity contribution in [3.63, 3.8) is 0 Å². The Labute approximate surface area is 135 Å². The summed E-state index contributed by atoms with van der Waals surface area (Å²) in [5.74, 6) is 0. The first-order valence-electron chi connectivity index (χ1n) is 8.28. The minimum atomic E-state index is -0.0228.